The summed E-state index contributed by atoms with van der Waals surface area (Å²) < 4.78 is 5.02. The van der Waals surface area contributed by atoms with Crippen molar-refractivity contribution in [3.8, 4) is 0 Å². The van der Waals surface area contributed by atoms with Gasteiger partial charge in [-0.05, 0) is 32.1 Å². The Morgan fingerprint density at radius 1 is 1.06 bits per heavy atom. The predicted octanol–water partition coefficient (Wildman–Crippen LogP) is 3.32. The van der Waals surface area contributed by atoms with E-state index in [1.807, 2.05) is 0 Å². The molecule has 0 radical (unpaired) electrons. The lowest BCUT2D eigenvalue weighted by Crippen LogP contribution is -2.19. The van der Waals surface area contributed by atoms with Gasteiger partial charge in [-0.25, -0.2) is 0 Å². The zero-order chi connectivity index (χ0) is 23.3. The molecular formula is C21H37N3O7. The third-order valence-corrected chi connectivity index (χ3v) is 4.69. The number of carbonyl (C=O) groups is 3. The zero-order valence-corrected chi connectivity index (χ0v) is 18.6. The van der Waals surface area contributed by atoms with Crippen LogP contribution in [-0.2, 0) is 24.0 Å². The van der Waals surface area contributed by atoms with E-state index < -0.39 is 11.2 Å². The Labute approximate surface area is 184 Å². The number of unbranched alkanes of at least 4 members (excludes halogenated alkanes) is 5. The Balaban J connectivity index is 4.00. The van der Waals surface area contributed by atoms with E-state index >= 15 is 0 Å². The van der Waals surface area contributed by atoms with E-state index in [9.17, 15) is 24.5 Å². The molecule has 0 saturated carbocycles. The first-order valence-corrected chi connectivity index (χ1v) is 11.1. The molecule has 1 atom stereocenters. The van der Waals surface area contributed by atoms with E-state index in [1.165, 1.54) is 0 Å². The van der Waals surface area contributed by atoms with Crippen LogP contribution in [0.2, 0.25) is 0 Å². The smallest absolute Gasteiger partial charge is 0.294 e. The van der Waals surface area contributed by atoms with Crippen LogP contribution >= 0.6 is 0 Å². The summed E-state index contributed by atoms with van der Waals surface area (Å²) in [5, 5.41) is 9.18. The van der Waals surface area contributed by atoms with Crippen molar-refractivity contribution in [2.75, 3.05) is 13.2 Å². The van der Waals surface area contributed by atoms with Crippen LogP contribution in [0.25, 0.3) is 0 Å². The quantitative estimate of drug-likeness (QED) is 0.0668. The number of Topliss-reactive ketones (excluding diaryl/α,β-unsaturated/α-hetero) is 2. The lowest BCUT2D eigenvalue weighted by molar-refractivity contribution is -0.757. The van der Waals surface area contributed by atoms with Crippen molar-refractivity contribution >= 4 is 23.9 Å². The van der Waals surface area contributed by atoms with Gasteiger partial charge in [0.15, 0.2) is 0 Å². The summed E-state index contributed by atoms with van der Waals surface area (Å²) in [6.45, 7) is 2.90. The average molecular weight is 444 g/mol. The fourth-order valence-electron chi connectivity index (χ4n) is 3.03. The highest BCUT2D eigenvalue weighted by Gasteiger charge is 2.14. The third-order valence-electron chi connectivity index (χ3n) is 4.69. The van der Waals surface area contributed by atoms with E-state index in [0.717, 1.165) is 25.7 Å². The number of aliphatic imine (C=N–C) groups is 1. The third kappa shape index (κ3) is 19.2. The monoisotopic (exact) mass is 443 g/mol. The molecule has 0 aliphatic heterocycles. The Hall–Kier alpha value is -2.52. The van der Waals surface area contributed by atoms with Crippen LogP contribution in [0.3, 0.4) is 0 Å². The standard InChI is InChI=1S/C21H37N3O7/c1-2-3-4-6-10-18(26)15-20(30-17-25)12-9-13-23-21(22)16-19(27)11-7-5-8-14-31-24(28)29/h17,20H,2-16H2,1H3,(H2,22,23). The van der Waals surface area contributed by atoms with Gasteiger partial charge in [0.2, 0.25) is 0 Å². The van der Waals surface area contributed by atoms with Gasteiger partial charge >= 0.3 is 0 Å². The second-order valence-corrected chi connectivity index (χ2v) is 7.51. The van der Waals surface area contributed by atoms with Crippen molar-refractivity contribution in [1.82, 2.24) is 0 Å². The summed E-state index contributed by atoms with van der Waals surface area (Å²) in [5.41, 5.74) is 5.79. The topological polar surface area (TPSA) is 151 Å². The number of ether oxygens (including phenoxy) is 1. The summed E-state index contributed by atoms with van der Waals surface area (Å²) in [6.07, 6.45) is 7.69. The number of nitrogens with zero attached hydrogens (tertiary/aromatic N) is 2. The first-order chi connectivity index (χ1) is 14.9. The minimum absolute atomic E-state index is 0.0318. The molecule has 0 heterocycles. The maximum absolute atomic E-state index is 12.0. The first-order valence-electron chi connectivity index (χ1n) is 11.1. The summed E-state index contributed by atoms with van der Waals surface area (Å²) >= 11 is 0. The molecule has 0 aliphatic rings. The van der Waals surface area contributed by atoms with Crippen molar-refractivity contribution in [2.24, 2.45) is 10.7 Å². The second kappa shape index (κ2) is 19.4. The molecule has 0 aliphatic carbocycles. The highest BCUT2D eigenvalue weighted by Crippen LogP contribution is 2.11. The number of amidine groups is 1. The van der Waals surface area contributed by atoms with Crippen LogP contribution < -0.4 is 5.73 Å². The number of hydrogen-bond acceptors (Lipinski definition) is 8. The molecule has 0 bridgehead atoms. The first kappa shape index (κ1) is 28.5. The van der Waals surface area contributed by atoms with Crippen LogP contribution in [0.15, 0.2) is 4.99 Å². The van der Waals surface area contributed by atoms with Crippen molar-refractivity contribution in [2.45, 2.75) is 96.5 Å². The van der Waals surface area contributed by atoms with Crippen molar-refractivity contribution < 1.29 is 29.0 Å². The largest absolute Gasteiger partial charge is 0.464 e. The molecule has 0 aromatic carbocycles. The van der Waals surface area contributed by atoms with Crippen LogP contribution in [0.1, 0.15) is 90.4 Å². The van der Waals surface area contributed by atoms with Gasteiger partial charge in [0.25, 0.3) is 11.6 Å². The van der Waals surface area contributed by atoms with Gasteiger partial charge in [0, 0.05) is 25.8 Å². The summed E-state index contributed by atoms with van der Waals surface area (Å²) in [6, 6.07) is 0. The number of hydrogen-bond donors (Lipinski definition) is 1. The molecule has 0 aromatic heterocycles. The maximum Gasteiger partial charge on any atom is 0.294 e. The Bertz CT molecular complexity index is 567. The Morgan fingerprint density at radius 3 is 2.39 bits per heavy atom. The van der Waals surface area contributed by atoms with Crippen molar-refractivity contribution in [3.05, 3.63) is 10.1 Å². The maximum atomic E-state index is 12.0. The summed E-state index contributed by atoms with van der Waals surface area (Å²) in [5.74, 6) is 0.315. The molecule has 178 valence electrons. The van der Waals surface area contributed by atoms with Gasteiger partial charge in [-0.1, -0.05) is 32.6 Å². The SMILES string of the molecule is CCCCCCC(=O)CC(CCCN=C(N)CC(=O)CCCCCO[N+](=O)[O-])OC=O. The molecule has 0 spiro atoms. The fraction of sp³-hybridized carbons (Fsp3) is 0.810. The van der Waals surface area contributed by atoms with Crippen molar-refractivity contribution in [3.63, 3.8) is 0 Å². The van der Waals surface area contributed by atoms with E-state index in [4.69, 9.17) is 10.5 Å². The minimum Gasteiger partial charge on any atom is -0.464 e. The van der Waals surface area contributed by atoms with E-state index in [2.05, 4.69) is 16.8 Å². The molecule has 0 rings (SSSR count). The van der Waals surface area contributed by atoms with Gasteiger partial charge in [-0.3, -0.25) is 19.4 Å². The predicted molar refractivity (Wildman–Crippen MR) is 116 cm³/mol. The van der Waals surface area contributed by atoms with E-state index in [0.29, 0.717) is 58.0 Å². The fourth-order valence-corrected chi connectivity index (χ4v) is 3.03. The van der Waals surface area contributed by atoms with Crippen LogP contribution in [0, 0.1) is 10.1 Å². The normalized spacial score (nSPS) is 12.2. The molecule has 0 amide bonds. The molecule has 10 heteroatoms. The highest BCUT2D eigenvalue weighted by molar-refractivity contribution is 5.99. The molecule has 0 fully saturated rings. The zero-order valence-electron chi connectivity index (χ0n) is 18.6. The Kier molecular flexibility index (Phi) is 17.9. The number of ketones is 2. The van der Waals surface area contributed by atoms with Gasteiger partial charge < -0.3 is 15.3 Å². The van der Waals surface area contributed by atoms with Gasteiger partial charge in [0.1, 0.15) is 23.5 Å². The molecule has 0 saturated heterocycles. The molecule has 0 aromatic rings. The number of nitrogens with two attached hydrogens (primary N) is 1. The average Bonchev–Trinajstić information content (AvgIpc) is 2.71. The second-order valence-electron chi connectivity index (χ2n) is 7.51. The van der Waals surface area contributed by atoms with Crippen LogP contribution in [0.4, 0.5) is 0 Å². The summed E-state index contributed by atoms with van der Waals surface area (Å²) in [7, 11) is 0. The summed E-state index contributed by atoms with van der Waals surface area (Å²) in [4.78, 5) is 52.9. The van der Waals surface area contributed by atoms with Crippen LogP contribution in [0.5, 0.6) is 0 Å². The van der Waals surface area contributed by atoms with Gasteiger partial charge in [-0.15, -0.1) is 10.1 Å². The van der Waals surface area contributed by atoms with Crippen molar-refractivity contribution in [1.29, 1.82) is 0 Å². The lowest BCUT2D eigenvalue weighted by Gasteiger charge is -2.14. The molecule has 10 nitrogen and oxygen atoms in total. The Morgan fingerprint density at radius 2 is 1.74 bits per heavy atom. The lowest BCUT2D eigenvalue weighted by atomic mass is 10.0. The van der Waals surface area contributed by atoms with Gasteiger partial charge in [-0.2, -0.15) is 0 Å². The molecule has 2 N–H and O–H groups in total. The van der Waals surface area contributed by atoms with E-state index in [-0.39, 0.29) is 36.9 Å². The molecule has 1 unspecified atom stereocenters. The van der Waals surface area contributed by atoms with Crippen LogP contribution in [-0.4, -0.2) is 48.2 Å². The number of rotatable bonds is 22. The number of carbonyl (C=O) groups excluding carboxylic acids is 3. The molecule has 31 heavy (non-hydrogen) atoms. The van der Waals surface area contributed by atoms with Gasteiger partial charge in [0.05, 0.1) is 13.0 Å². The van der Waals surface area contributed by atoms with E-state index in [1.54, 1.807) is 0 Å². The highest BCUT2D eigenvalue weighted by atomic mass is 16.9. The minimum atomic E-state index is -0.831. The molecular weight excluding hydrogens is 406 g/mol.